The molecule has 0 atom stereocenters. The second-order valence-electron chi connectivity index (χ2n) is 5.17. The Morgan fingerprint density at radius 2 is 1.92 bits per heavy atom. The quantitative estimate of drug-likeness (QED) is 0.683. The van der Waals surface area contributed by atoms with Crippen molar-refractivity contribution in [1.29, 1.82) is 0 Å². The zero-order valence-corrected chi connectivity index (χ0v) is 16.6. The molecule has 0 spiro atoms. The Morgan fingerprint density at radius 1 is 1.19 bits per heavy atom. The van der Waals surface area contributed by atoms with Gasteiger partial charge in [-0.2, -0.15) is 0 Å². The van der Waals surface area contributed by atoms with E-state index in [2.05, 4.69) is 26.0 Å². The van der Waals surface area contributed by atoms with Crippen molar-refractivity contribution in [2.24, 2.45) is 0 Å². The summed E-state index contributed by atoms with van der Waals surface area (Å²) in [6.07, 6.45) is 0. The van der Waals surface area contributed by atoms with Gasteiger partial charge in [-0.15, -0.1) is 0 Å². The molecule has 1 amide bonds. The highest BCUT2D eigenvalue weighted by Gasteiger charge is 2.21. The van der Waals surface area contributed by atoms with E-state index in [1.807, 2.05) is 0 Å². The predicted octanol–water partition coefficient (Wildman–Crippen LogP) is 3.54. The maximum absolute atomic E-state index is 13.9. The van der Waals surface area contributed by atoms with Crippen LogP contribution in [0.4, 0.5) is 10.1 Å². The van der Waals surface area contributed by atoms with Crippen molar-refractivity contribution in [2.75, 3.05) is 18.5 Å². The highest BCUT2D eigenvalue weighted by atomic mass is 79.9. The van der Waals surface area contributed by atoms with Gasteiger partial charge in [0.25, 0.3) is 5.91 Å². The van der Waals surface area contributed by atoms with Gasteiger partial charge in [0.15, 0.2) is 0 Å². The monoisotopic (exact) mass is 444 g/mol. The van der Waals surface area contributed by atoms with Crippen molar-refractivity contribution in [3.05, 3.63) is 52.3 Å². The molecule has 26 heavy (non-hydrogen) atoms. The summed E-state index contributed by atoms with van der Waals surface area (Å²) < 4.78 is 46.9. The van der Waals surface area contributed by atoms with Crippen LogP contribution < -0.4 is 14.8 Å². The molecular weight excluding hydrogens is 427 g/mol. The maximum Gasteiger partial charge on any atom is 0.255 e. The average Bonchev–Trinajstić information content (AvgIpc) is 2.57. The first kappa shape index (κ1) is 20.3. The molecular formula is C17H18BrFN2O4S. The number of anilines is 1. The fourth-order valence-electron chi connectivity index (χ4n) is 2.19. The third kappa shape index (κ3) is 4.80. The van der Waals surface area contributed by atoms with Crippen molar-refractivity contribution in [1.82, 2.24) is 4.72 Å². The van der Waals surface area contributed by atoms with E-state index >= 15 is 0 Å². The van der Waals surface area contributed by atoms with E-state index in [1.54, 1.807) is 19.9 Å². The van der Waals surface area contributed by atoms with Gasteiger partial charge in [0, 0.05) is 16.6 Å². The van der Waals surface area contributed by atoms with E-state index < -0.39 is 21.7 Å². The molecule has 0 saturated heterocycles. The van der Waals surface area contributed by atoms with Gasteiger partial charge in [-0.05, 0) is 43.3 Å². The number of ether oxygens (including phenoxy) is 1. The van der Waals surface area contributed by atoms with E-state index in [9.17, 15) is 17.6 Å². The Labute approximate surface area is 159 Å². The van der Waals surface area contributed by atoms with Crippen molar-refractivity contribution in [2.45, 2.75) is 18.7 Å². The number of rotatable bonds is 7. The second-order valence-corrected chi connectivity index (χ2v) is 7.83. The van der Waals surface area contributed by atoms with Gasteiger partial charge < -0.3 is 10.1 Å². The molecule has 0 radical (unpaired) electrons. The molecule has 140 valence electrons. The van der Waals surface area contributed by atoms with E-state index in [1.165, 1.54) is 30.3 Å². The Balaban J connectivity index is 2.38. The van der Waals surface area contributed by atoms with E-state index in [0.29, 0.717) is 4.47 Å². The van der Waals surface area contributed by atoms with Crippen LogP contribution in [0.2, 0.25) is 0 Å². The van der Waals surface area contributed by atoms with Gasteiger partial charge in [0.1, 0.15) is 16.5 Å². The molecule has 0 fully saturated rings. The summed E-state index contributed by atoms with van der Waals surface area (Å²) in [5, 5.41) is 2.43. The number of carbonyl (C=O) groups is 1. The van der Waals surface area contributed by atoms with Crippen LogP contribution in [0.5, 0.6) is 5.75 Å². The van der Waals surface area contributed by atoms with E-state index in [4.69, 9.17) is 4.74 Å². The standard InChI is InChI=1S/C17H18BrFN2O4S/c1-3-20-26(23,24)16-9-11(5-8-15(16)25-4-2)17(22)21-14-7-6-12(18)10-13(14)19/h5-10,20H,3-4H2,1-2H3,(H,21,22). The maximum atomic E-state index is 13.9. The van der Waals surface area contributed by atoms with Crippen molar-refractivity contribution >= 4 is 37.5 Å². The number of nitrogens with one attached hydrogen (secondary N) is 2. The Bertz CT molecular complexity index is 919. The predicted molar refractivity (Wildman–Crippen MR) is 101 cm³/mol. The highest BCUT2D eigenvalue weighted by Crippen LogP contribution is 2.26. The lowest BCUT2D eigenvalue weighted by Crippen LogP contribution is -2.24. The molecule has 0 saturated carbocycles. The minimum absolute atomic E-state index is 0.0109. The summed E-state index contributed by atoms with van der Waals surface area (Å²) in [6, 6.07) is 8.23. The van der Waals surface area contributed by atoms with Crippen LogP contribution in [-0.2, 0) is 10.0 Å². The zero-order valence-electron chi connectivity index (χ0n) is 14.2. The number of benzene rings is 2. The second kappa shape index (κ2) is 8.61. The lowest BCUT2D eigenvalue weighted by atomic mass is 10.2. The van der Waals surface area contributed by atoms with Crippen LogP contribution in [-0.4, -0.2) is 27.5 Å². The van der Waals surface area contributed by atoms with Crippen LogP contribution in [0.3, 0.4) is 0 Å². The number of amides is 1. The normalized spacial score (nSPS) is 11.2. The van der Waals surface area contributed by atoms with Gasteiger partial charge in [-0.3, -0.25) is 4.79 Å². The molecule has 2 rings (SSSR count). The first-order valence-corrected chi connectivity index (χ1v) is 10.1. The summed E-state index contributed by atoms with van der Waals surface area (Å²) in [5.74, 6) is -1.11. The lowest BCUT2D eigenvalue weighted by Gasteiger charge is -2.13. The number of sulfonamides is 1. The summed E-state index contributed by atoms with van der Waals surface area (Å²) >= 11 is 3.14. The van der Waals surface area contributed by atoms with Crippen LogP contribution in [0.15, 0.2) is 45.8 Å². The molecule has 0 aliphatic rings. The molecule has 2 aromatic carbocycles. The Hall–Kier alpha value is -1.97. The Morgan fingerprint density at radius 3 is 2.54 bits per heavy atom. The first-order valence-electron chi connectivity index (χ1n) is 7.81. The Kier molecular flexibility index (Phi) is 6.74. The van der Waals surface area contributed by atoms with Gasteiger partial charge >= 0.3 is 0 Å². The summed E-state index contributed by atoms with van der Waals surface area (Å²) in [5.41, 5.74) is 0.0513. The number of carbonyl (C=O) groups excluding carboxylic acids is 1. The molecule has 2 aromatic rings. The molecule has 0 aliphatic heterocycles. The lowest BCUT2D eigenvalue weighted by molar-refractivity contribution is 0.102. The fourth-order valence-corrected chi connectivity index (χ4v) is 3.73. The smallest absolute Gasteiger partial charge is 0.255 e. The highest BCUT2D eigenvalue weighted by molar-refractivity contribution is 9.10. The molecule has 0 unspecified atom stereocenters. The fraction of sp³-hybridized carbons (Fsp3) is 0.235. The van der Waals surface area contributed by atoms with Crippen LogP contribution in [0, 0.1) is 5.82 Å². The van der Waals surface area contributed by atoms with Crippen LogP contribution in [0.1, 0.15) is 24.2 Å². The van der Waals surface area contributed by atoms with E-state index in [0.717, 1.165) is 0 Å². The molecule has 0 bridgehead atoms. The minimum Gasteiger partial charge on any atom is -0.492 e. The van der Waals surface area contributed by atoms with Gasteiger partial charge in [-0.25, -0.2) is 17.5 Å². The first-order chi connectivity index (χ1) is 12.3. The summed E-state index contributed by atoms with van der Waals surface area (Å²) in [7, 11) is -3.84. The molecule has 0 aliphatic carbocycles. The third-order valence-corrected chi connectivity index (χ3v) is 5.37. The van der Waals surface area contributed by atoms with Gasteiger partial charge in [0.05, 0.1) is 12.3 Å². The molecule has 9 heteroatoms. The molecule has 0 heterocycles. The van der Waals surface area contributed by atoms with Crippen molar-refractivity contribution in [3.63, 3.8) is 0 Å². The third-order valence-electron chi connectivity index (χ3n) is 3.31. The number of hydrogen-bond donors (Lipinski definition) is 2. The van der Waals surface area contributed by atoms with Crippen LogP contribution in [0.25, 0.3) is 0 Å². The van der Waals surface area contributed by atoms with Gasteiger partial charge in [0.2, 0.25) is 10.0 Å². The topological polar surface area (TPSA) is 84.5 Å². The number of hydrogen-bond acceptors (Lipinski definition) is 4. The summed E-state index contributed by atoms with van der Waals surface area (Å²) in [6.45, 7) is 3.82. The van der Waals surface area contributed by atoms with Gasteiger partial charge in [-0.1, -0.05) is 22.9 Å². The molecule has 6 nitrogen and oxygen atoms in total. The zero-order chi connectivity index (χ0) is 19.3. The molecule has 0 aromatic heterocycles. The van der Waals surface area contributed by atoms with E-state index in [-0.39, 0.29) is 35.0 Å². The minimum atomic E-state index is -3.84. The van der Waals surface area contributed by atoms with Crippen molar-refractivity contribution < 1.29 is 22.3 Å². The van der Waals surface area contributed by atoms with Crippen molar-refractivity contribution in [3.8, 4) is 5.75 Å². The average molecular weight is 445 g/mol. The largest absolute Gasteiger partial charge is 0.492 e. The molecule has 2 N–H and O–H groups in total. The van der Waals surface area contributed by atoms with Crippen LogP contribution >= 0.6 is 15.9 Å². The SMILES string of the molecule is CCNS(=O)(=O)c1cc(C(=O)Nc2ccc(Br)cc2F)ccc1OCC. The number of halogens is 2. The summed E-state index contributed by atoms with van der Waals surface area (Å²) in [4.78, 5) is 12.3.